The van der Waals surface area contributed by atoms with Crippen molar-refractivity contribution >= 4 is 68.1 Å². The van der Waals surface area contributed by atoms with Gasteiger partial charge in [-0.3, -0.25) is 13.9 Å². The summed E-state index contributed by atoms with van der Waals surface area (Å²) in [6.45, 7) is 4.18. The lowest BCUT2D eigenvalue weighted by Crippen LogP contribution is -2.37. The zero-order valence-corrected chi connectivity index (χ0v) is 27.5. The molecule has 0 amide bonds. The van der Waals surface area contributed by atoms with Gasteiger partial charge < -0.3 is 29.6 Å². The van der Waals surface area contributed by atoms with Crippen molar-refractivity contribution in [3.8, 4) is 11.6 Å². The van der Waals surface area contributed by atoms with Crippen molar-refractivity contribution in [2.24, 2.45) is 5.92 Å². The Balaban J connectivity index is 1.59. The van der Waals surface area contributed by atoms with Crippen LogP contribution in [0.5, 0.6) is 11.6 Å². The van der Waals surface area contributed by atoms with Crippen molar-refractivity contribution in [1.82, 2.24) is 19.5 Å². The number of hydrogen-bond donors (Lipinski definition) is 2. The summed E-state index contributed by atoms with van der Waals surface area (Å²) in [6.07, 6.45) is -1.25. The molecule has 42 heavy (non-hydrogen) atoms. The lowest BCUT2D eigenvalue weighted by Gasteiger charge is -2.25. The van der Waals surface area contributed by atoms with Crippen LogP contribution in [0, 0.1) is 5.92 Å². The zero-order chi connectivity index (χ0) is 30.8. The Hall–Kier alpha value is -2.42. The van der Waals surface area contributed by atoms with Gasteiger partial charge in [-0.05, 0) is 31.9 Å². The van der Waals surface area contributed by atoms with Crippen LogP contribution in [-0.2, 0) is 29.8 Å². The maximum absolute atomic E-state index is 14.1. The first-order valence-electron chi connectivity index (χ1n) is 13.0. The minimum atomic E-state index is -3.98. The Bertz CT molecular complexity index is 1520. The van der Waals surface area contributed by atoms with Gasteiger partial charge in [0.2, 0.25) is 11.8 Å². The topological polar surface area (TPSA) is 178 Å². The molecule has 1 aliphatic heterocycles. The monoisotopic (exact) mass is 731 g/mol. The standard InChI is InChI=1S/C26H32Br2N5O8P/c1-14(16(3)35)12-42(37,41-18-8-6-5-7-17(18)10-9-15(2)34)39-11-19-21(36)26(27,28)24(40-19)33-13-30-20-22(33)31-25(29)32-23(20)38-4/h5-8,13-14,19,21,24,36H,9-12H2,1-4H3,(H2,29,31,32)/t14-,19-,21+,24-,42?/m1/s1. The third-order valence-corrected chi connectivity index (χ3v) is 10.5. The number of anilines is 1. The molecule has 0 radical (unpaired) electrons. The molecule has 0 spiro atoms. The van der Waals surface area contributed by atoms with Crippen LogP contribution in [0.25, 0.3) is 11.2 Å². The van der Waals surface area contributed by atoms with E-state index in [-0.39, 0.29) is 48.3 Å². The minimum Gasteiger partial charge on any atom is -0.479 e. The van der Waals surface area contributed by atoms with Crippen LogP contribution in [0.15, 0.2) is 30.6 Å². The first-order chi connectivity index (χ1) is 19.8. The van der Waals surface area contributed by atoms with E-state index >= 15 is 0 Å². The Morgan fingerprint density at radius 2 is 1.98 bits per heavy atom. The number of carbonyl (C=O) groups is 2. The Kier molecular flexibility index (Phi) is 10.1. The number of ketones is 2. The predicted octanol–water partition coefficient (Wildman–Crippen LogP) is 4.20. The van der Waals surface area contributed by atoms with Crippen LogP contribution < -0.4 is 15.0 Å². The number of para-hydroxylation sites is 1. The van der Waals surface area contributed by atoms with Crippen LogP contribution >= 0.6 is 39.5 Å². The highest BCUT2D eigenvalue weighted by molar-refractivity contribution is 9.25. The summed E-state index contributed by atoms with van der Waals surface area (Å²) in [5.74, 6) is -0.404. The van der Waals surface area contributed by atoms with Gasteiger partial charge in [-0.2, -0.15) is 9.97 Å². The molecular formula is C26H32Br2N5O8P. The molecule has 1 unspecified atom stereocenters. The van der Waals surface area contributed by atoms with Crippen molar-refractivity contribution in [3.63, 3.8) is 0 Å². The number of aromatic nitrogens is 4. The van der Waals surface area contributed by atoms with Gasteiger partial charge in [0, 0.05) is 12.3 Å². The third kappa shape index (κ3) is 7.03. The molecule has 0 bridgehead atoms. The number of ether oxygens (including phenoxy) is 2. The average Bonchev–Trinajstić information content (AvgIpc) is 3.43. The number of halogens is 2. The van der Waals surface area contributed by atoms with E-state index in [1.165, 1.54) is 27.3 Å². The first-order valence-corrected chi connectivity index (χ1v) is 16.3. The first kappa shape index (κ1) is 32.5. The van der Waals surface area contributed by atoms with Crippen molar-refractivity contribution in [2.45, 2.75) is 55.3 Å². The number of aliphatic hydroxyl groups is 1. The quantitative estimate of drug-likeness (QED) is 0.189. The number of imidazole rings is 1. The summed E-state index contributed by atoms with van der Waals surface area (Å²) >= 11 is 7.01. The van der Waals surface area contributed by atoms with E-state index in [9.17, 15) is 19.3 Å². The summed E-state index contributed by atoms with van der Waals surface area (Å²) < 4.78 is 37.7. The number of nitrogens with zero attached hydrogens (tertiary/aromatic N) is 4. The molecule has 1 fully saturated rings. The molecule has 3 heterocycles. The summed E-state index contributed by atoms with van der Waals surface area (Å²) in [6, 6.07) is 6.91. The van der Waals surface area contributed by atoms with Crippen molar-refractivity contribution in [1.29, 1.82) is 0 Å². The van der Waals surface area contributed by atoms with Gasteiger partial charge >= 0.3 is 7.60 Å². The van der Waals surface area contributed by atoms with Gasteiger partial charge in [-0.25, -0.2) is 9.55 Å². The third-order valence-electron chi connectivity index (χ3n) is 6.82. The van der Waals surface area contributed by atoms with Crippen molar-refractivity contribution in [3.05, 3.63) is 36.2 Å². The fraction of sp³-hybridized carbons (Fsp3) is 0.500. The van der Waals surface area contributed by atoms with Gasteiger partial charge in [0.05, 0.1) is 26.2 Å². The fourth-order valence-corrected chi connectivity index (χ4v) is 7.61. The number of aryl methyl sites for hydroxylation is 1. The molecule has 3 aromatic rings. The van der Waals surface area contributed by atoms with E-state index in [4.69, 9.17) is 24.3 Å². The number of hydrogen-bond acceptors (Lipinski definition) is 12. The number of aliphatic hydroxyl groups excluding tert-OH is 1. The summed E-state index contributed by atoms with van der Waals surface area (Å²) in [4.78, 5) is 36.2. The number of nitrogens with two attached hydrogens (primary N) is 1. The van der Waals surface area contributed by atoms with Crippen LogP contribution in [-0.4, -0.2) is 71.5 Å². The minimum absolute atomic E-state index is 0.00246. The van der Waals surface area contributed by atoms with Crippen LogP contribution in [0.1, 0.15) is 39.0 Å². The maximum Gasteiger partial charge on any atom is 0.380 e. The zero-order valence-electron chi connectivity index (χ0n) is 23.4. The lowest BCUT2D eigenvalue weighted by atomic mass is 10.1. The molecule has 1 saturated heterocycles. The highest BCUT2D eigenvalue weighted by Gasteiger charge is 2.55. The Morgan fingerprint density at radius 1 is 1.26 bits per heavy atom. The highest BCUT2D eigenvalue weighted by atomic mass is 79.9. The summed E-state index contributed by atoms with van der Waals surface area (Å²) in [5.41, 5.74) is 7.16. The second kappa shape index (κ2) is 13.1. The normalized spacial score (nSPS) is 22.0. The molecule has 0 aliphatic carbocycles. The molecule has 4 rings (SSSR count). The van der Waals surface area contributed by atoms with Gasteiger partial charge in [0.25, 0.3) is 0 Å². The fourth-order valence-electron chi connectivity index (χ4n) is 4.35. The van der Waals surface area contributed by atoms with Crippen molar-refractivity contribution < 1.29 is 37.8 Å². The smallest absolute Gasteiger partial charge is 0.380 e. The number of methoxy groups -OCH3 is 1. The molecule has 13 nitrogen and oxygen atoms in total. The van der Waals surface area contributed by atoms with E-state index < -0.39 is 35.2 Å². The Morgan fingerprint density at radius 3 is 2.64 bits per heavy atom. The van der Waals surface area contributed by atoms with Crippen molar-refractivity contribution in [2.75, 3.05) is 25.6 Å². The molecule has 16 heteroatoms. The molecule has 5 atom stereocenters. The lowest BCUT2D eigenvalue weighted by molar-refractivity contribution is -0.120. The molecule has 3 N–H and O–H groups in total. The molecule has 0 saturated carbocycles. The van der Waals surface area contributed by atoms with E-state index in [0.29, 0.717) is 23.1 Å². The summed E-state index contributed by atoms with van der Waals surface area (Å²) in [5, 5.41) is 11.2. The number of fused-ring (bicyclic) bond motifs is 1. The van der Waals surface area contributed by atoms with Gasteiger partial charge in [-0.1, -0.05) is 57.0 Å². The maximum atomic E-state index is 14.1. The number of nitrogen functional groups attached to an aromatic ring is 1. The van der Waals surface area contributed by atoms with Crippen LogP contribution in [0.4, 0.5) is 5.95 Å². The van der Waals surface area contributed by atoms with E-state index in [2.05, 4.69) is 46.8 Å². The van der Waals surface area contributed by atoms with Crippen LogP contribution in [0.3, 0.4) is 0 Å². The summed E-state index contributed by atoms with van der Waals surface area (Å²) in [7, 11) is -2.55. The van der Waals surface area contributed by atoms with E-state index in [1.807, 2.05) is 0 Å². The largest absolute Gasteiger partial charge is 0.479 e. The molecule has 228 valence electrons. The molecule has 2 aromatic heterocycles. The Labute approximate surface area is 259 Å². The molecule has 1 aromatic carbocycles. The predicted molar refractivity (Wildman–Crippen MR) is 161 cm³/mol. The highest BCUT2D eigenvalue weighted by Crippen LogP contribution is 2.54. The second-order valence-electron chi connectivity index (χ2n) is 10.1. The van der Waals surface area contributed by atoms with Gasteiger partial charge in [0.15, 0.2) is 20.6 Å². The number of rotatable bonds is 13. The van der Waals surface area contributed by atoms with Gasteiger partial charge in [0.1, 0.15) is 29.5 Å². The second-order valence-corrected chi connectivity index (χ2v) is 15.8. The number of alkyl halides is 2. The van der Waals surface area contributed by atoms with Gasteiger partial charge in [-0.15, -0.1) is 0 Å². The molecule has 1 aliphatic rings. The number of carbonyl (C=O) groups excluding carboxylic acids is 2. The SMILES string of the molecule is COc1nc(N)nc2c1ncn2[C@@H]1O[C@H](COP(=O)(C[C@@H](C)C(C)=O)Oc2ccccc2CCC(C)=O)[C@H](O)C1(Br)Br. The average molecular weight is 733 g/mol. The molecular weight excluding hydrogens is 701 g/mol. The van der Waals surface area contributed by atoms with E-state index in [0.717, 1.165) is 0 Å². The van der Waals surface area contributed by atoms with Crippen LogP contribution in [0.2, 0.25) is 0 Å². The number of benzene rings is 1. The number of Topliss-reactive ketones (excluding diaryl/α,β-unsaturated/α-hetero) is 2. The van der Waals surface area contributed by atoms with E-state index in [1.54, 1.807) is 35.8 Å².